The van der Waals surface area contributed by atoms with Gasteiger partial charge in [0.25, 0.3) is 5.56 Å². The first kappa shape index (κ1) is 17.8. The Morgan fingerprint density at radius 2 is 2.22 bits per heavy atom. The molecule has 0 unspecified atom stereocenters. The summed E-state index contributed by atoms with van der Waals surface area (Å²) in [5.41, 5.74) is 2.06. The molecule has 8 nitrogen and oxygen atoms in total. The Morgan fingerprint density at radius 1 is 1.33 bits per heavy atom. The number of amides is 2. The first-order valence-electron chi connectivity index (χ1n) is 9.36. The van der Waals surface area contributed by atoms with Gasteiger partial charge in [0.05, 0.1) is 25.2 Å². The molecule has 2 aromatic rings. The number of nitrogens with zero attached hydrogens (tertiary/aromatic N) is 4. The lowest BCUT2D eigenvalue weighted by atomic mass is 9.83. The third-order valence-electron chi connectivity index (χ3n) is 5.52. The minimum absolute atomic E-state index is 0.0593. The van der Waals surface area contributed by atoms with Gasteiger partial charge >= 0.3 is 6.03 Å². The molecule has 1 N–H and O–H groups in total. The van der Waals surface area contributed by atoms with Crippen LogP contribution in [0.5, 0.6) is 0 Å². The predicted octanol–water partition coefficient (Wildman–Crippen LogP) is 1.02. The van der Waals surface area contributed by atoms with Crippen LogP contribution in [0.1, 0.15) is 23.7 Å². The molecule has 2 aliphatic heterocycles. The largest absolute Gasteiger partial charge is 0.383 e. The van der Waals surface area contributed by atoms with E-state index in [4.69, 9.17) is 4.74 Å². The first-order chi connectivity index (χ1) is 13.2. The average Bonchev–Trinajstić information content (AvgIpc) is 3.12. The van der Waals surface area contributed by atoms with Gasteiger partial charge < -0.3 is 24.1 Å². The van der Waals surface area contributed by atoms with Gasteiger partial charge in [-0.15, -0.1) is 0 Å². The smallest absolute Gasteiger partial charge is 0.317 e. The predicted molar refractivity (Wildman–Crippen MR) is 99.5 cm³/mol. The second-order valence-electron chi connectivity index (χ2n) is 7.33. The van der Waals surface area contributed by atoms with Gasteiger partial charge in [-0.05, 0) is 18.4 Å². The number of carbonyl (C=O) groups excluding carboxylic acids is 1. The quantitative estimate of drug-likeness (QED) is 0.851. The van der Waals surface area contributed by atoms with Crippen molar-refractivity contribution in [1.82, 2.24) is 24.3 Å². The molecule has 0 aromatic carbocycles. The van der Waals surface area contributed by atoms with Gasteiger partial charge in [0.2, 0.25) is 0 Å². The number of hydrogen-bond acceptors (Lipinski definition) is 4. The van der Waals surface area contributed by atoms with E-state index in [9.17, 15) is 9.59 Å². The number of methoxy groups -OCH3 is 1. The molecule has 1 fully saturated rings. The summed E-state index contributed by atoms with van der Waals surface area (Å²) in [6.07, 6.45) is 4.56. The van der Waals surface area contributed by atoms with Crippen LogP contribution in [-0.4, -0.2) is 51.9 Å². The van der Waals surface area contributed by atoms with E-state index in [2.05, 4.69) is 10.3 Å². The lowest BCUT2D eigenvalue weighted by molar-refractivity contribution is 0.130. The van der Waals surface area contributed by atoms with Crippen molar-refractivity contribution in [3.8, 4) is 0 Å². The number of urea groups is 1. The third-order valence-corrected chi connectivity index (χ3v) is 5.52. The van der Waals surface area contributed by atoms with Crippen molar-refractivity contribution in [2.45, 2.75) is 32.0 Å². The summed E-state index contributed by atoms with van der Waals surface area (Å²) >= 11 is 0. The summed E-state index contributed by atoms with van der Waals surface area (Å²) in [4.78, 5) is 30.9. The first-order valence-corrected chi connectivity index (χ1v) is 9.36. The number of carbonyl (C=O) groups is 1. The Morgan fingerprint density at radius 3 is 3.07 bits per heavy atom. The molecule has 2 bridgehead atoms. The summed E-state index contributed by atoms with van der Waals surface area (Å²) in [6.45, 7) is 3.77. The fourth-order valence-electron chi connectivity index (χ4n) is 4.23. The van der Waals surface area contributed by atoms with Gasteiger partial charge in [0.15, 0.2) is 0 Å². The number of fused-ring (bicyclic) bond motifs is 4. The fourth-order valence-corrected chi connectivity index (χ4v) is 4.23. The Balaban J connectivity index is 1.40. The summed E-state index contributed by atoms with van der Waals surface area (Å²) < 4.78 is 8.96. The van der Waals surface area contributed by atoms with E-state index in [1.54, 1.807) is 25.7 Å². The molecule has 1 saturated heterocycles. The number of likely N-dealkylation sites (tertiary alicyclic amines) is 1. The summed E-state index contributed by atoms with van der Waals surface area (Å²) in [5, 5.41) is 3.01. The van der Waals surface area contributed by atoms with E-state index in [0.29, 0.717) is 45.2 Å². The normalized spacial score (nSPS) is 21.0. The molecule has 4 rings (SSSR count). The molecule has 0 saturated carbocycles. The van der Waals surface area contributed by atoms with Crippen LogP contribution in [0.25, 0.3) is 0 Å². The van der Waals surface area contributed by atoms with E-state index in [-0.39, 0.29) is 17.5 Å². The molecule has 2 aliphatic rings. The van der Waals surface area contributed by atoms with Gasteiger partial charge in [-0.25, -0.2) is 9.78 Å². The van der Waals surface area contributed by atoms with Crippen LogP contribution in [0.2, 0.25) is 0 Å². The molecule has 0 aliphatic carbocycles. The number of aromatic nitrogens is 3. The molecule has 2 amide bonds. The minimum Gasteiger partial charge on any atom is -0.383 e. The Bertz CT molecular complexity index is 874. The lowest BCUT2D eigenvalue weighted by Crippen LogP contribution is -2.51. The Labute approximate surface area is 157 Å². The molecule has 2 atom stereocenters. The van der Waals surface area contributed by atoms with Crippen LogP contribution in [0.15, 0.2) is 35.5 Å². The van der Waals surface area contributed by atoms with Crippen molar-refractivity contribution in [3.63, 3.8) is 0 Å². The van der Waals surface area contributed by atoms with E-state index >= 15 is 0 Å². The van der Waals surface area contributed by atoms with Crippen LogP contribution in [0.3, 0.4) is 0 Å². The number of piperidine rings is 1. The monoisotopic (exact) mass is 371 g/mol. The fraction of sp³-hybridized carbons (Fsp3) is 0.526. The second kappa shape index (κ2) is 7.56. The zero-order chi connectivity index (χ0) is 18.8. The maximum absolute atomic E-state index is 12.7. The van der Waals surface area contributed by atoms with Gasteiger partial charge in [-0.1, -0.05) is 6.07 Å². The number of nitrogens with one attached hydrogen (secondary N) is 1. The van der Waals surface area contributed by atoms with Gasteiger partial charge in [0.1, 0.15) is 0 Å². The van der Waals surface area contributed by atoms with Crippen LogP contribution in [0.4, 0.5) is 4.79 Å². The number of pyridine rings is 1. The van der Waals surface area contributed by atoms with E-state index in [1.807, 2.05) is 26.2 Å². The van der Waals surface area contributed by atoms with Crippen molar-refractivity contribution >= 4 is 6.03 Å². The highest BCUT2D eigenvalue weighted by Gasteiger charge is 2.36. The highest BCUT2D eigenvalue weighted by atomic mass is 16.5. The molecular weight excluding hydrogens is 346 g/mol. The molecule has 0 spiro atoms. The van der Waals surface area contributed by atoms with Gasteiger partial charge in [-0.3, -0.25) is 4.79 Å². The zero-order valence-electron chi connectivity index (χ0n) is 15.5. The maximum atomic E-state index is 12.7. The van der Waals surface area contributed by atoms with Crippen molar-refractivity contribution in [1.29, 1.82) is 0 Å². The lowest BCUT2D eigenvalue weighted by Gasteiger charge is -2.42. The Kier molecular flexibility index (Phi) is 4.98. The molecular formula is C19H25N5O3. The van der Waals surface area contributed by atoms with E-state index < -0.39 is 0 Å². The van der Waals surface area contributed by atoms with Gasteiger partial charge in [-0.2, -0.15) is 0 Å². The molecule has 144 valence electrons. The van der Waals surface area contributed by atoms with Crippen LogP contribution >= 0.6 is 0 Å². The number of ether oxygens (including phenoxy) is 1. The summed E-state index contributed by atoms with van der Waals surface area (Å²) in [5.74, 6) is 0.554. The molecule has 2 aromatic heterocycles. The van der Waals surface area contributed by atoms with Crippen molar-refractivity contribution in [2.75, 3.05) is 26.8 Å². The van der Waals surface area contributed by atoms with Crippen molar-refractivity contribution in [2.24, 2.45) is 5.92 Å². The average molecular weight is 371 g/mol. The topological polar surface area (TPSA) is 81.4 Å². The minimum atomic E-state index is -0.0593. The van der Waals surface area contributed by atoms with Crippen LogP contribution in [-0.2, 0) is 24.4 Å². The second-order valence-corrected chi connectivity index (χ2v) is 7.33. The standard InChI is InChI=1S/C19H25N5O3/c1-27-6-5-22-13-20-8-16(22)9-21-19(26)23-10-14-7-15(12-23)17-3-2-4-18(25)24(17)11-14/h2-4,8,13-15H,5-7,9-12H2,1H3,(H,21,26)/t14-,15+/m0/s1. The van der Waals surface area contributed by atoms with Crippen LogP contribution < -0.4 is 10.9 Å². The molecule has 4 heterocycles. The van der Waals surface area contributed by atoms with E-state index in [1.165, 1.54) is 0 Å². The third kappa shape index (κ3) is 3.62. The van der Waals surface area contributed by atoms with Crippen molar-refractivity contribution in [3.05, 3.63) is 52.5 Å². The summed E-state index contributed by atoms with van der Waals surface area (Å²) in [6, 6.07) is 5.38. The Hall–Kier alpha value is -2.61. The zero-order valence-corrected chi connectivity index (χ0v) is 15.5. The molecule has 8 heteroatoms. The molecule has 0 radical (unpaired) electrons. The summed E-state index contributed by atoms with van der Waals surface area (Å²) in [7, 11) is 1.66. The van der Waals surface area contributed by atoms with Crippen LogP contribution in [0, 0.1) is 5.92 Å². The van der Waals surface area contributed by atoms with Crippen molar-refractivity contribution < 1.29 is 9.53 Å². The highest BCUT2D eigenvalue weighted by molar-refractivity contribution is 5.74. The SMILES string of the molecule is COCCn1cncc1CNC(=O)N1C[C@@H]2C[C@H](C1)c1cccc(=O)n1C2. The number of imidazole rings is 1. The van der Waals surface area contributed by atoms with E-state index in [0.717, 1.165) is 17.8 Å². The number of rotatable bonds is 5. The van der Waals surface area contributed by atoms with Gasteiger partial charge in [0, 0.05) is 57.2 Å². The number of hydrogen-bond donors (Lipinski definition) is 1. The maximum Gasteiger partial charge on any atom is 0.317 e. The molecule has 27 heavy (non-hydrogen) atoms. The highest BCUT2D eigenvalue weighted by Crippen LogP contribution is 2.34.